The number of aromatic nitrogens is 2. The summed E-state index contributed by atoms with van der Waals surface area (Å²) in [6.07, 6.45) is 5.91. The van der Waals surface area contributed by atoms with Crippen LogP contribution in [0.4, 0.5) is 0 Å². The van der Waals surface area contributed by atoms with Crippen LogP contribution in [0.2, 0.25) is 0 Å². The van der Waals surface area contributed by atoms with E-state index >= 15 is 0 Å². The number of ether oxygens (including phenoxy) is 1. The van der Waals surface area contributed by atoms with Crippen LogP contribution in [-0.2, 0) is 19.4 Å². The van der Waals surface area contributed by atoms with E-state index in [-0.39, 0.29) is 5.91 Å². The molecule has 1 N–H and O–H groups in total. The Labute approximate surface area is 222 Å². The normalized spacial score (nSPS) is 11.1. The van der Waals surface area contributed by atoms with Crippen molar-refractivity contribution in [2.75, 3.05) is 13.2 Å². The molecule has 0 saturated carbocycles. The fourth-order valence-electron chi connectivity index (χ4n) is 4.32. The number of rotatable bonds is 13. The summed E-state index contributed by atoms with van der Waals surface area (Å²) in [5, 5.41) is 3.02. The number of benzene rings is 3. The summed E-state index contributed by atoms with van der Waals surface area (Å²) in [6.45, 7) is 4.39. The van der Waals surface area contributed by atoms with Crippen LogP contribution in [0.3, 0.4) is 0 Å². The average Bonchev–Trinajstić information content (AvgIpc) is 3.26. The Balaban J connectivity index is 1.24. The van der Waals surface area contributed by atoms with E-state index in [0.29, 0.717) is 18.7 Å². The summed E-state index contributed by atoms with van der Waals surface area (Å²) in [6, 6.07) is 24.2. The van der Waals surface area contributed by atoms with Gasteiger partial charge in [0.15, 0.2) is 0 Å². The van der Waals surface area contributed by atoms with Gasteiger partial charge in [-0.05, 0) is 73.7 Å². The number of hydrogen-bond acceptors (Lipinski definition) is 3. The number of nitrogens with one attached hydrogen (secondary N) is 1. The lowest BCUT2D eigenvalue weighted by molar-refractivity contribution is 0.0953. The first-order chi connectivity index (χ1) is 17.6. The molecule has 5 nitrogen and oxygen atoms in total. The fraction of sp³-hybridized carbons (Fsp3) is 0.333. The van der Waals surface area contributed by atoms with Crippen LogP contribution in [0, 0.1) is 0 Å². The first-order valence-electron chi connectivity index (χ1n) is 12.8. The number of halogens is 1. The smallest absolute Gasteiger partial charge is 0.251 e. The Morgan fingerprint density at radius 1 is 0.972 bits per heavy atom. The van der Waals surface area contributed by atoms with Crippen molar-refractivity contribution in [3.8, 4) is 5.75 Å². The zero-order chi connectivity index (χ0) is 25.2. The summed E-state index contributed by atoms with van der Waals surface area (Å²) < 4.78 is 9.22. The van der Waals surface area contributed by atoms with E-state index < -0.39 is 0 Å². The van der Waals surface area contributed by atoms with Gasteiger partial charge in [0.25, 0.3) is 5.91 Å². The molecule has 3 aromatic carbocycles. The average molecular weight is 549 g/mol. The van der Waals surface area contributed by atoms with Crippen molar-refractivity contribution in [3.63, 3.8) is 0 Å². The quantitative estimate of drug-likeness (QED) is 0.184. The molecule has 6 heteroatoms. The first kappa shape index (κ1) is 26.0. The molecule has 4 rings (SSSR count). The standard InChI is InChI=1S/C30H34BrN3O2/c1-2-23-15-17-26(18-16-23)36-21-9-20-34-28-13-6-5-12-27(28)33-29(34)14-4-3-7-19-32-30(35)24-10-8-11-25(31)22-24/h5-6,8,10-13,15-18,22H,2-4,7,9,14,19-21H2,1H3,(H,32,35). The van der Waals surface area contributed by atoms with Crippen molar-refractivity contribution in [3.05, 3.63) is 94.2 Å². The second-order valence-electron chi connectivity index (χ2n) is 8.94. The highest BCUT2D eigenvalue weighted by Gasteiger charge is 2.10. The lowest BCUT2D eigenvalue weighted by Gasteiger charge is -2.11. The number of para-hydroxylation sites is 2. The lowest BCUT2D eigenvalue weighted by Crippen LogP contribution is -2.24. The molecular formula is C30H34BrN3O2. The Kier molecular flexibility index (Phi) is 9.56. The predicted octanol–water partition coefficient (Wildman–Crippen LogP) is 6.97. The van der Waals surface area contributed by atoms with Crippen molar-refractivity contribution in [1.29, 1.82) is 0 Å². The minimum Gasteiger partial charge on any atom is -0.494 e. The molecule has 4 aromatic rings. The maximum atomic E-state index is 12.3. The number of unbranched alkanes of at least 4 members (excludes halogenated alkanes) is 2. The molecule has 0 bridgehead atoms. The number of carbonyl (C=O) groups excluding carboxylic acids is 1. The highest BCUT2D eigenvalue weighted by molar-refractivity contribution is 9.10. The van der Waals surface area contributed by atoms with Crippen LogP contribution < -0.4 is 10.1 Å². The largest absolute Gasteiger partial charge is 0.494 e. The number of imidazole rings is 1. The molecule has 0 unspecified atom stereocenters. The maximum absolute atomic E-state index is 12.3. The number of amides is 1. The van der Waals surface area contributed by atoms with Gasteiger partial charge in [-0.1, -0.05) is 59.6 Å². The van der Waals surface area contributed by atoms with Gasteiger partial charge in [0, 0.05) is 29.5 Å². The molecular weight excluding hydrogens is 514 g/mol. The molecule has 1 amide bonds. The van der Waals surface area contributed by atoms with E-state index in [2.05, 4.69) is 75.2 Å². The van der Waals surface area contributed by atoms with Gasteiger partial charge in [-0.15, -0.1) is 0 Å². The highest BCUT2D eigenvalue weighted by atomic mass is 79.9. The van der Waals surface area contributed by atoms with E-state index in [1.807, 2.05) is 30.3 Å². The van der Waals surface area contributed by atoms with Gasteiger partial charge in [0.2, 0.25) is 0 Å². The molecule has 0 saturated heterocycles. The van der Waals surface area contributed by atoms with E-state index in [1.165, 1.54) is 11.1 Å². The van der Waals surface area contributed by atoms with Gasteiger partial charge in [-0.25, -0.2) is 4.98 Å². The fourth-order valence-corrected chi connectivity index (χ4v) is 4.72. The van der Waals surface area contributed by atoms with Crippen molar-refractivity contribution in [2.24, 2.45) is 0 Å². The molecule has 0 aliphatic rings. The van der Waals surface area contributed by atoms with Gasteiger partial charge in [0.1, 0.15) is 11.6 Å². The number of carbonyl (C=O) groups is 1. The molecule has 36 heavy (non-hydrogen) atoms. The zero-order valence-electron chi connectivity index (χ0n) is 20.9. The molecule has 0 atom stereocenters. The number of nitrogens with zero attached hydrogens (tertiary/aromatic N) is 2. The van der Waals surface area contributed by atoms with E-state index in [1.54, 1.807) is 0 Å². The summed E-state index contributed by atoms with van der Waals surface area (Å²) in [4.78, 5) is 17.2. The van der Waals surface area contributed by atoms with E-state index in [4.69, 9.17) is 9.72 Å². The molecule has 1 heterocycles. The number of hydrogen-bond donors (Lipinski definition) is 1. The van der Waals surface area contributed by atoms with Crippen molar-refractivity contribution in [2.45, 2.75) is 52.0 Å². The Hall–Kier alpha value is -3.12. The third-order valence-electron chi connectivity index (χ3n) is 6.31. The lowest BCUT2D eigenvalue weighted by atomic mass is 10.1. The molecule has 0 aliphatic heterocycles. The summed E-state index contributed by atoms with van der Waals surface area (Å²) in [7, 11) is 0. The van der Waals surface area contributed by atoms with Gasteiger partial charge < -0.3 is 14.6 Å². The van der Waals surface area contributed by atoms with E-state index in [0.717, 1.165) is 66.6 Å². The monoisotopic (exact) mass is 547 g/mol. The van der Waals surface area contributed by atoms with E-state index in [9.17, 15) is 4.79 Å². The van der Waals surface area contributed by atoms with Crippen LogP contribution in [0.5, 0.6) is 5.75 Å². The van der Waals surface area contributed by atoms with Crippen molar-refractivity contribution >= 4 is 32.9 Å². The van der Waals surface area contributed by atoms with Crippen molar-refractivity contribution < 1.29 is 9.53 Å². The van der Waals surface area contributed by atoms with Crippen LogP contribution in [0.25, 0.3) is 11.0 Å². The molecule has 188 valence electrons. The molecule has 0 aliphatic carbocycles. The Morgan fingerprint density at radius 3 is 2.61 bits per heavy atom. The van der Waals surface area contributed by atoms with Crippen LogP contribution in [0.15, 0.2) is 77.3 Å². The minimum atomic E-state index is -0.0263. The van der Waals surface area contributed by atoms with Crippen LogP contribution in [0.1, 0.15) is 54.4 Å². The molecule has 1 aromatic heterocycles. The van der Waals surface area contributed by atoms with Gasteiger partial charge in [-0.2, -0.15) is 0 Å². The molecule has 0 radical (unpaired) electrons. The topological polar surface area (TPSA) is 56.1 Å². The summed E-state index contributed by atoms with van der Waals surface area (Å²) in [5.41, 5.74) is 4.23. The third-order valence-corrected chi connectivity index (χ3v) is 6.80. The maximum Gasteiger partial charge on any atom is 0.251 e. The second-order valence-corrected chi connectivity index (χ2v) is 9.86. The van der Waals surface area contributed by atoms with Gasteiger partial charge in [-0.3, -0.25) is 4.79 Å². The van der Waals surface area contributed by atoms with Crippen molar-refractivity contribution in [1.82, 2.24) is 14.9 Å². The summed E-state index contributed by atoms with van der Waals surface area (Å²) >= 11 is 3.41. The Bertz CT molecular complexity index is 1270. The second kappa shape index (κ2) is 13.3. The zero-order valence-corrected chi connectivity index (χ0v) is 22.5. The Morgan fingerprint density at radius 2 is 1.81 bits per heavy atom. The SMILES string of the molecule is CCc1ccc(OCCCn2c(CCCCCNC(=O)c3cccc(Br)c3)nc3ccccc32)cc1. The van der Waals surface area contributed by atoms with Crippen LogP contribution >= 0.6 is 15.9 Å². The third kappa shape index (κ3) is 7.20. The number of fused-ring (bicyclic) bond motifs is 1. The predicted molar refractivity (Wildman–Crippen MR) is 150 cm³/mol. The molecule has 0 fully saturated rings. The highest BCUT2D eigenvalue weighted by Crippen LogP contribution is 2.19. The minimum absolute atomic E-state index is 0.0263. The van der Waals surface area contributed by atoms with Gasteiger partial charge >= 0.3 is 0 Å². The summed E-state index contributed by atoms with van der Waals surface area (Å²) in [5.74, 6) is 2.03. The number of aryl methyl sites for hydroxylation is 3. The first-order valence-corrected chi connectivity index (χ1v) is 13.6. The van der Waals surface area contributed by atoms with Gasteiger partial charge in [0.05, 0.1) is 17.6 Å². The van der Waals surface area contributed by atoms with Crippen LogP contribution in [-0.4, -0.2) is 28.6 Å². The molecule has 0 spiro atoms.